The van der Waals surface area contributed by atoms with E-state index in [1.165, 1.54) is 5.56 Å². The molecule has 2 saturated heterocycles. The molecule has 2 aromatic heterocycles. The Kier molecular flexibility index (Phi) is 5.64. The Bertz CT molecular complexity index is 744. The molecule has 8 nitrogen and oxygen atoms in total. The lowest BCUT2D eigenvalue weighted by Gasteiger charge is -2.35. The third-order valence-electron chi connectivity index (χ3n) is 5.03. The van der Waals surface area contributed by atoms with Gasteiger partial charge in [-0.25, -0.2) is 9.97 Å². The van der Waals surface area contributed by atoms with E-state index >= 15 is 0 Å². The average Bonchev–Trinajstić information content (AvgIpc) is 2.75. The van der Waals surface area contributed by atoms with Gasteiger partial charge in [-0.05, 0) is 17.7 Å². The molecule has 0 N–H and O–H groups in total. The Hall–Kier alpha value is -2.45. The Labute approximate surface area is 159 Å². The number of anilines is 2. The van der Waals surface area contributed by atoms with Crippen molar-refractivity contribution in [2.75, 3.05) is 69.4 Å². The van der Waals surface area contributed by atoms with Crippen molar-refractivity contribution in [1.82, 2.24) is 19.9 Å². The van der Waals surface area contributed by atoms with E-state index in [1.807, 2.05) is 24.4 Å². The highest BCUT2D eigenvalue weighted by Crippen LogP contribution is 2.18. The van der Waals surface area contributed by atoms with Gasteiger partial charge < -0.3 is 19.3 Å². The van der Waals surface area contributed by atoms with Gasteiger partial charge in [0.15, 0.2) is 0 Å². The third-order valence-corrected chi connectivity index (χ3v) is 5.03. The number of pyridine rings is 1. The standard InChI is InChI=1S/C19H26N6O2/c1-26-18-14-16(2-4-20-18)15-23-6-8-25(9-7-23)19-21-5-3-17(22-19)24-10-12-27-13-11-24/h2-5,14H,6-13,15H2,1H3. The first-order valence-electron chi connectivity index (χ1n) is 9.44. The van der Waals surface area contributed by atoms with E-state index in [-0.39, 0.29) is 0 Å². The van der Waals surface area contributed by atoms with Gasteiger partial charge in [-0.1, -0.05) is 0 Å². The van der Waals surface area contributed by atoms with Crippen molar-refractivity contribution >= 4 is 11.8 Å². The number of morpholine rings is 1. The van der Waals surface area contributed by atoms with E-state index in [1.54, 1.807) is 13.3 Å². The van der Waals surface area contributed by atoms with E-state index in [0.717, 1.165) is 70.8 Å². The third kappa shape index (κ3) is 4.45. The second kappa shape index (κ2) is 8.49. The van der Waals surface area contributed by atoms with Crippen molar-refractivity contribution < 1.29 is 9.47 Å². The lowest BCUT2D eigenvalue weighted by Crippen LogP contribution is -2.46. The Balaban J connectivity index is 1.35. The summed E-state index contributed by atoms with van der Waals surface area (Å²) in [6, 6.07) is 6.03. The van der Waals surface area contributed by atoms with Gasteiger partial charge in [-0.15, -0.1) is 0 Å². The zero-order chi connectivity index (χ0) is 18.5. The van der Waals surface area contributed by atoms with E-state index in [0.29, 0.717) is 5.88 Å². The smallest absolute Gasteiger partial charge is 0.227 e. The highest BCUT2D eigenvalue weighted by atomic mass is 16.5. The molecule has 2 aromatic rings. The summed E-state index contributed by atoms with van der Waals surface area (Å²) in [5.74, 6) is 2.48. The number of nitrogens with zero attached hydrogens (tertiary/aromatic N) is 6. The predicted molar refractivity (Wildman–Crippen MR) is 103 cm³/mol. The Morgan fingerprint density at radius 3 is 2.52 bits per heavy atom. The highest BCUT2D eigenvalue weighted by molar-refractivity contribution is 5.44. The van der Waals surface area contributed by atoms with Crippen molar-refractivity contribution in [3.8, 4) is 5.88 Å². The molecule has 0 aliphatic carbocycles. The fourth-order valence-corrected chi connectivity index (χ4v) is 3.48. The summed E-state index contributed by atoms with van der Waals surface area (Å²) in [4.78, 5) is 20.4. The van der Waals surface area contributed by atoms with Gasteiger partial charge in [0.05, 0.1) is 20.3 Å². The summed E-state index contributed by atoms with van der Waals surface area (Å²) >= 11 is 0. The van der Waals surface area contributed by atoms with Crippen LogP contribution in [0.3, 0.4) is 0 Å². The van der Waals surface area contributed by atoms with Crippen LogP contribution in [0.5, 0.6) is 5.88 Å². The number of ether oxygens (including phenoxy) is 2. The molecule has 0 atom stereocenters. The summed E-state index contributed by atoms with van der Waals surface area (Å²) in [6.07, 6.45) is 3.66. The molecular weight excluding hydrogens is 344 g/mol. The molecule has 8 heteroatoms. The molecule has 0 bridgehead atoms. The van der Waals surface area contributed by atoms with Crippen LogP contribution in [-0.4, -0.2) is 79.4 Å². The van der Waals surface area contributed by atoms with Gasteiger partial charge in [0.2, 0.25) is 11.8 Å². The Morgan fingerprint density at radius 2 is 1.74 bits per heavy atom. The van der Waals surface area contributed by atoms with Crippen LogP contribution < -0.4 is 14.5 Å². The first kappa shape index (κ1) is 17.9. The summed E-state index contributed by atoms with van der Waals surface area (Å²) in [5.41, 5.74) is 1.22. The molecular formula is C19H26N6O2. The highest BCUT2D eigenvalue weighted by Gasteiger charge is 2.21. The van der Waals surface area contributed by atoms with Crippen molar-refractivity contribution in [3.63, 3.8) is 0 Å². The van der Waals surface area contributed by atoms with Crippen molar-refractivity contribution in [3.05, 3.63) is 36.2 Å². The van der Waals surface area contributed by atoms with Crippen LogP contribution in [-0.2, 0) is 11.3 Å². The summed E-state index contributed by atoms with van der Waals surface area (Å²) in [5, 5.41) is 0. The maximum absolute atomic E-state index is 5.43. The van der Waals surface area contributed by atoms with E-state index in [4.69, 9.17) is 14.5 Å². The molecule has 0 amide bonds. The quantitative estimate of drug-likeness (QED) is 0.773. The van der Waals surface area contributed by atoms with Gasteiger partial charge in [0.25, 0.3) is 0 Å². The molecule has 144 valence electrons. The normalized spacial score (nSPS) is 18.6. The molecule has 4 rings (SSSR count). The molecule has 0 unspecified atom stereocenters. The number of piperazine rings is 1. The van der Waals surface area contributed by atoms with Crippen LogP contribution in [0.25, 0.3) is 0 Å². The van der Waals surface area contributed by atoms with Crippen LogP contribution in [0.15, 0.2) is 30.6 Å². The van der Waals surface area contributed by atoms with Crippen LogP contribution in [0.2, 0.25) is 0 Å². The topological polar surface area (TPSA) is 66.9 Å². The van der Waals surface area contributed by atoms with Gasteiger partial charge in [-0.3, -0.25) is 4.90 Å². The SMILES string of the molecule is COc1cc(CN2CCN(c3nccc(N4CCOCC4)n3)CC2)ccn1. The number of rotatable bonds is 5. The molecule has 0 radical (unpaired) electrons. The maximum Gasteiger partial charge on any atom is 0.227 e. The first-order valence-corrected chi connectivity index (χ1v) is 9.44. The van der Waals surface area contributed by atoms with Crippen LogP contribution in [0, 0.1) is 0 Å². The number of hydrogen-bond donors (Lipinski definition) is 0. The van der Waals surface area contributed by atoms with Crippen molar-refractivity contribution in [1.29, 1.82) is 0 Å². The molecule has 4 heterocycles. The van der Waals surface area contributed by atoms with Crippen LogP contribution in [0.4, 0.5) is 11.8 Å². The lowest BCUT2D eigenvalue weighted by atomic mass is 10.2. The average molecular weight is 370 g/mol. The van der Waals surface area contributed by atoms with Crippen LogP contribution >= 0.6 is 0 Å². The number of methoxy groups -OCH3 is 1. The summed E-state index contributed by atoms with van der Waals surface area (Å²) in [7, 11) is 1.65. The maximum atomic E-state index is 5.43. The Morgan fingerprint density at radius 1 is 0.963 bits per heavy atom. The predicted octanol–water partition coefficient (Wildman–Crippen LogP) is 1.04. The number of hydrogen-bond acceptors (Lipinski definition) is 8. The molecule has 2 fully saturated rings. The minimum Gasteiger partial charge on any atom is -0.481 e. The van der Waals surface area contributed by atoms with E-state index < -0.39 is 0 Å². The lowest BCUT2D eigenvalue weighted by molar-refractivity contribution is 0.122. The molecule has 2 aliphatic heterocycles. The second-order valence-corrected chi connectivity index (χ2v) is 6.78. The zero-order valence-corrected chi connectivity index (χ0v) is 15.8. The van der Waals surface area contributed by atoms with Crippen molar-refractivity contribution in [2.45, 2.75) is 6.54 Å². The van der Waals surface area contributed by atoms with E-state index in [9.17, 15) is 0 Å². The minimum absolute atomic E-state index is 0.666. The van der Waals surface area contributed by atoms with Crippen LogP contribution in [0.1, 0.15) is 5.56 Å². The molecule has 0 saturated carbocycles. The first-order chi connectivity index (χ1) is 13.3. The molecule has 0 spiro atoms. The number of aromatic nitrogens is 3. The molecule has 27 heavy (non-hydrogen) atoms. The van der Waals surface area contributed by atoms with E-state index in [2.05, 4.69) is 24.7 Å². The molecule has 2 aliphatic rings. The van der Waals surface area contributed by atoms with Gasteiger partial charge in [0.1, 0.15) is 5.82 Å². The van der Waals surface area contributed by atoms with Gasteiger partial charge in [0, 0.05) is 64.3 Å². The fraction of sp³-hybridized carbons (Fsp3) is 0.526. The zero-order valence-electron chi connectivity index (χ0n) is 15.8. The second-order valence-electron chi connectivity index (χ2n) is 6.78. The van der Waals surface area contributed by atoms with Gasteiger partial charge >= 0.3 is 0 Å². The van der Waals surface area contributed by atoms with Gasteiger partial charge in [-0.2, -0.15) is 4.98 Å². The summed E-state index contributed by atoms with van der Waals surface area (Å²) < 4.78 is 10.6. The fourth-order valence-electron chi connectivity index (χ4n) is 3.48. The monoisotopic (exact) mass is 370 g/mol. The minimum atomic E-state index is 0.666. The largest absolute Gasteiger partial charge is 0.481 e. The molecule has 0 aromatic carbocycles. The summed E-state index contributed by atoms with van der Waals surface area (Å²) in [6.45, 7) is 8.02. The van der Waals surface area contributed by atoms with Crippen molar-refractivity contribution in [2.24, 2.45) is 0 Å².